The SMILES string of the molecule is COc1cccc(C(Oc2cc(Cl)cc(Cl)c2)C(C)N)c1. The van der Waals surface area contributed by atoms with E-state index in [2.05, 4.69) is 0 Å². The van der Waals surface area contributed by atoms with Gasteiger partial charge in [-0.3, -0.25) is 0 Å². The summed E-state index contributed by atoms with van der Waals surface area (Å²) in [5.41, 5.74) is 6.98. The topological polar surface area (TPSA) is 44.5 Å². The highest BCUT2D eigenvalue weighted by Crippen LogP contribution is 2.30. The zero-order valence-electron chi connectivity index (χ0n) is 11.8. The normalized spacial score (nSPS) is 13.6. The Balaban J connectivity index is 2.30. The summed E-state index contributed by atoms with van der Waals surface area (Å²) < 4.78 is 11.2. The maximum atomic E-state index is 6.05. The summed E-state index contributed by atoms with van der Waals surface area (Å²) in [6.45, 7) is 1.89. The molecular weight excluding hydrogens is 309 g/mol. The molecule has 2 aromatic rings. The van der Waals surface area contributed by atoms with E-state index in [0.717, 1.165) is 11.3 Å². The summed E-state index contributed by atoms with van der Waals surface area (Å²) >= 11 is 12.0. The van der Waals surface area contributed by atoms with Crippen molar-refractivity contribution in [3.63, 3.8) is 0 Å². The van der Waals surface area contributed by atoms with Crippen molar-refractivity contribution in [2.45, 2.75) is 19.1 Å². The molecule has 0 aromatic heterocycles. The third-order valence-corrected chi connectivity index (χ3v) is 3.44. The second kappa shape index (κ2) is 7.03. The lowest BCUT2D eigenvalue weighted by atomic mass is 10.0. The molecule has 0 heterocycles. The van der Waals surface area contributed by atoms with Crippen molar-refractivity contribution in [3.05, 3.63) is 58.1 Å². The van der Waals surface area contributed by atoms with Crippen molar-refractivity contribution in [1.29, 1.82) is 0 Å². The third kappa shape index (κ3) is 4.27. The number of halogens is 2. The van der Waals surface area contributed by atoms with Crippen LogP contribution >= 0.6 is 23.2 Å². The fraction of sp³-hybridized carbons (Fsp3) is 0.250. The van der Waals surface area contributed by atoms with E-state index in [1.165, 1.54) is 0 Å². The number of rotatable bonds is 5. The molecule has 2 unspecified atom stereocenters. The molecule has 0 fully saturated rings. The number of ether oxygens (including phenoxy) is 2. The predicted molar refractivity (Wildman–Crippen MR) is 86.5 cm³/mol. The molecule has 0 aliphatic carbocycles. The average molecular weight is 326 g/mol. The fourth-order valence-electron chi connectivity index (χ4n) is 2.04. The van der Waals surface area contributed by atoms with E-state index in [0.29, 0.717) is 15.8 Å². The maximum absolute atomic E-state index is 6.05. The van der Waals surface area contributed by atoms with Gasteiger partial charge in [0.1, 0.15) is 17.6 Å². The average Bonchev–Trinajstić information content (AvgIpc) is 2.43. The molecule has 0 amide bonds. The number of hydrogen-bond donors (Lipinski definition) is 1. The van der Waals surface area contributed by atoms with Gasteiger partial charge in [0.15, 0.2) is 0 Å². The number of benzene rings is 2. The first kappa shape index (κ1) is 16.0. The summed E-state index contributed by atoms with van der Waals surface area (Å²) in [6.07, 6.45) is -0.324. The monoisotopic (exact) mass is 325 g/mol. The summed E-state index contributed by atoms with van der Waals surface area (Å²) in [6, 6.07) is 12.5. The fourth-order valence-corrected chi connectivity index (χ4v) is 2.55. The lowest BCUT2D eigenvalue weighted by Crippen LogP contribution is -2.29. The quantitative estimate of drug-likeness (QED) is 0.882. The molecule has 2 aromatic carbocycles. The highest BCUT2D eigenvalue weighted by molar-refractivity contribution is 6.34. The van der Waals surface area contributed by atoms with Gasteiger partial charge < -0.3 is 15.2 Å². The van der Waals surface area contributed by atoms with Gasteiger partial charge in [0.2, 0.25) is 0 Å². The molecule has 3 nitrogen and oxygen atoms in total. The first-order valence-electron chi connectivity index (χ1n) is 6.52. The standard InChI is InChI=1S/C16H17Cl2NO2/c1-10(19)16(11-4-3-5-14(6-11)20-2)21-15-8-12(17)7-13(18)9-15/h3-10,16H,19H2,1-2H3. The van der Waals surface area contributed by atoms with Gasteiger partial charge in [0.05, 0.1) is 7.11 Å². The van der Waals surface area contributed by atoms with Crippen LogP contribution < -0.4 is 15.2 Å². The van der Waals surface area contributed by atoms with Gasteiger partial charge in [0.25, 0.3) is 0 Å². The van der Waals surface area contributed by atoms with Gasteiger partial charge in [-0.2, -0.15) is 0 Å². The van der Waals surface area contributed by atoms with E-state index in [4.69, 9.17) is 38.4 Å². The zero-order chi connectivity index (χ0) is 15.4. The lowest BCUT2D eigenvalue weighted by Gasteiger charge is -2.23. The molecule has 2 atom stereocenters. The van der Waals surface area contributed by atoms with Gasteiger partial charge >= 0.3 is 0 Å². The van der Waals surface area contributed by atoms with E-state index in [-0.39, 0.29) is 12.1 Å². The Morgan fingerprint density at radius 3 is 2.24 bits per heavy atom. The van der Waals surface area contributed by atoms with Gasteiger partial charge in [-0.05, 0) is 42.8 Å². The van der Waals surface area contributed by atoms with E-state index in [1.807, 2.05) is 31.2 Å². The second-order valence-corrected chi connectivity index (χ2v) is 5.65. The Morgan fingerprint density at radius 1 is 1.00 bits per heavy atom. The lowest BCUT2D eigenvalue weighted by molar-refractivity contribution is 0.180. The van der Waals surface area contributed by atoms with Gasteiger partial charge in [-0.25, -0.2) is 0 Å². The molecular formula is C16H17Cl2NO2. The van der Waals surface area contributed by atoms with E-state index >= 15 is 0 Å². The molecule has 2 rings (SSSR count). The summed E-state index contributed by atoms with van der Waals surface area (Å²) in [5, 5.41) is 1.04. The van der Waals surface area contributed by atoms with Crippen LogP contribution in [-0.2, 0) is 0 Å². The molecule has 21 heavy (non-hydrogen) atoms. The Kier molecular flexibility index (Phi) is 5.34. The molecule has 0 spiro atoms. The largest absolute Gasteiger partial charge is 0.497 e. The molecule has 5 heteroatoms. The smallest absolute Gasteiger partial charge is 0.139 e. The maximum Gasteiger partial charge on any atom is 0.139 e. The molecule has 112 valence electrons. The minimum Gasteiger partial charge on any atom is -0.497 e. The Bertz CT molecular complexity index is 597. The first-order chi connectivity index (χ1) is 9.99. The van der Waals surface area contributed by atoms with Crippen molar-refractivity contribution >= 4 is 23.2 Å². The van der Waals surface area contributed by atoms with Crippen molar-refractivity contribution < 1.29 is 9.47 Å². The highest BCUT2D eigenvalue weighted by Gasteiger charge is 2.19. The molecule has 0 aliphatic heterocycles. The minimum absolute atomic E-state index is 0.213. The number of nitrogens with two attached hydrogens (primary N) is 1. The molecule has 0 saturated carbocycles. The minimum atomic E-state index is -0.324. The Labute approximate surface area is 134 Å². The van der Waals surface area contributed by atoms with Crippen molar-refractivity contribution in [1.82, 2.24) is 0 Å². The van der Waals surface area contributed by atoms with Crippen molar-refractivity contribution in [2.75, 3.05) is 7.11 Å². The Morgan fingerprint density at radius 2 is 1.67 bits per heavy atom. The van der Waals surface area contributed by atoms with Crippen LogP contribution in [0.4, 0.5) is 0 Å². The van der Waals surface area contributed by atoms with Crippen LogP contribution in [0.2, 0.25) is 10.0 Å². The van der Waals surface area contributed by atoms with E-state index < -0.39 is 0 Å². The van der Waals surface area contributed by atoms with Crippen molar-refractivity contribution in [3.8, 4) is 11.5 Å². The molecule has 0 aliphatic rings. The molecule has 0 saturated heterocycles. The van der Waals surface area contributed by atoms with Gasteiger partial charge in [0, 0.05) is 16.1 Å². The van der Waals surface area contributed by atoms with Crippen LogP contribution in [-0.4, -0.2) is 13.2 Å². The summed E-state index contributed by atoms with van der Waals surface area (Å²) in [4.78, 5) is 0. The summed E-state index contributed by atoms with van der Waals surface area (Å²) in [7, 11) is 1.62. The second-order valence-electron chi connectivity index (χ2n) is 4.78. The van der Waals surface area contributed by atoms with Crippen LogP contribution in [0.25, 0.3) is 0 Å². The van der Waals surface area contributed by atoms with Crippen molar-refractivity contribution in [2.24, 2.45) is 5.73 Å². The summed E-state index contributed by atoms with van der Waals surface area (Å²) in [5.74, 6) is 1.34. The van der Waals surface area contributed by atoms with Gasteiger partial charge in [-0.15, -0.1) is 0 Å². The van der Waals surface area contributed by atoms with Crippen LogP contribution in [0.3, 0.4) is 0 Å². The highest BCUT2D eigenvalue weighted by atomic mass is 35.5. The Hall–Kier alpha value is -1.42. The molecule has 0 bridgehead atoms. The van der Waals surface area contributed by atoms with Crippen LogP contribution in [0, 0.1) is 0 Å². The zero-order valence-corrected chi connectivity index (χ0v) is 13.4. The molecule has 2 N–H and O–H groups in total. The van der Waals surface area contributed by atoms with Crippen LogP contribution in [0.15, 0.2) is 42.5 Å². The first-order valence-corrected chi connectivity index (χ1v) is 7.27. The molecule has 0 radical (unpaired) electrons. The third-order valence-electron chi connectivity index (χ3n) is 3.00. The van der Waals surface area contributed by atoms with E-state index in [9.17, 15) is 0 Å². The van der Waals surface area contributed by atoms with Gasteiger partial charge in [-0.1, -0.05) is 35.3 Å². The van der Waals surface area contributed by atoms with E-state index in [1.54, 1.807) is 25.3 Å². The van der Waals surface area contributed by atoms with Crippen LogP contribution in [0.1, 0.15) is 18.6 Å². The predicted octanol–water partition coefficient (Wildman–Crippen LogP) is 4.47. The van der Waals surface area contributed by atoms with Crippen LogP contribution in [0.5, 0.6) is 11.5 Å². The number of methoxy groups -OCH3 is 1. The number of hydrogen-bond acceptors (Lipinski definition) is 3.